The molecule has 2 N–H and O–H groups in total. The molecular weight excluding hydrogens is 384 g/mol. The monoisotopic (exact) mass is 404 g/mol. The number of hydrogen-bond acceptors (Lipinski definition) is 3. The van der Waals surface area contributed by atoms with Gasteiger partial charge in [-0.2, -0.15) is 5.10 Å². The molecule has 0 aliphatic carbocycles. The number of hydrogen-bond donors (Lipinski definition) is 2. The van der Waals surface area contributed by atoms with Crippen LogP contribution in [0.2, 0.25) is 0 Å². The van der Waals surface area contributed by atoms with E-state index in [0.29, 0.717) is 5.69 Å². The normalized spacial score (nSPS) is 10.8. The van der Waals surface area contributed by atoms with Crippen LogP contribution in [0.4, 0.5) is 5.69 Å². The zero-order valence-electron chi connectivity index (χ0n) is 16.7. The molecule has 2 heterocycles. The molecule has 0 bridgehead atoms. The molecule has 1 amide bonds. The molecule has 31 heavy (non-hydrogen) atoms. The van der Waals surface area contributed by atoms with Gasteiger partial charge in [-0.05, 0) is 53.4 Å². The second kappa shape index (κ2) is 8.24. The zero-order valence-corrected chi connectivity index (χ0v) is 16.7. The van der Waals surface area contributed by atoms with Crippen LogP contribution in [0.15, 0.2) is 97.3 Å². The molecule has 0 aliphatic heterocycles. The lowest BCUT2D eigenvalue weighted by atomic mass is 10.0. The molecule has 0 saturated carbocycles. The van der Waals surface area contributed by atoms with Crippen molar-refractivity contribution in [2.45, 2.75) is 6.42 Å². The summed E-state index contributed by atoms with van der Waals surface area (Å²) in [5.74, 6) is -0.244. The van der Waals surface area contributed by atoms with Crippen LogP contribution in [0.1, 0.15) is 21.6 Å². The number of fused-ring (bicyclic) bond motifs is 1. The number of benzene rings is 3. The van der Waals surface area contributed by atoms with Crippen molar-refractivity contribution in [1.82, 2.24) is 15.2 Å². The molecule has 3 aromatic carbocycles. The summed E-state index contributed by atoms with van der Waals surface area (Å²) in [4.78, 5) is 17.2. The smallest absolute Gasteiger partial charge is 0.276 e. The van der Waals surface area contributed by atoms with Gasteiger partial charge in [0.05, 0.1) is 5.52 Å². The van der Waals surface area contributed by atoms with E-state index in [9.17, 15) is 4.79 Å². The number of H-pyrrole nitrogens is 1. The molecule has 5 nitrogen and oxygen atoms in total. The largest absolute Gasteiger partial charge is 0.321 e. The Hall–Kier alpha value is -4.25. The van der Waals surface area contributed by atoms with E-state index in [4.69, 9.17) is 0 Å². The van der Waals surface area contributed by atoms with Crippen LogP contribution in [0.5, 0.6) is 0 Å². The predicted octanol–water partition coefficient (Wildman–Crippen LogP) is 5.47. The van der Waals surface area contributed by atoms with E-state index in [0.717, 1.165) is 39.7 Å². The van der Waals surface area contributed by atoms with Gasteiger partial charge in [-0.15, -0.1) is 0 Å². The predicted molar refractivity (Wildman–Crippen MR) is 123 cm³/mol. The Morgan fingerprint density at radius 2 is 1.71 bits per heavy atom. The first-order chi connectivity index (χ1) is 15.3. The lowest BCUT2D eigenvalue weighted by Gasteiger charge is -2.07. The van der Waals surface area contributed by atoms with Crippen LogP contribution >= 0.6 is 0 Å². The molecule has 0 aliphatic rings. The minimum Gasteiger partial charge on any atom is -0.321 e. The first-order valence-electron chi connectivity index (χ1n) is 10.1. The number of aromatic nitrogens is 3. The van der Waals surface area contributed by atoms with Gasteiger partial charge in [-0.25, -0.2) is 0 Å². The Morgan fingerprint density at radius 1 is 0.839 bits per heavy atom. The van der Waals surface area contributed by atoms with Crippen LogP contribution in [-0.4, -0.2) is 21.1 Å². The second-order valence-corrected chi connectivity index (χ2v) is 7.39. The Morgan fingerprint density at radius 3 is 2.55 bits per heavy atom. The van der Waals surface area contributed by atoms with Crippen molar-refractivity contribution >= 4 is 22.5 Å². The molecule has 5 rings (SSSR count). The number of amides is 1. The molecule has 0 atom stereocenters. The van der Waals surface area contributed by atoms with Crippen LogP contribution in [-0.2, 0) is 6.42 Å². The second-order valence-electron chi connectivity index (χ2n) is 7.39. The molecule has 150 valence electrons. The van der Waals surface area contributed by atoms with Crippen molar-refractivity contribution in [3.05, 3.63) is 114 Å². The van der Waals surface area contributed by atoms with Crippen molar-refractivity contribution < 1.29 is 4.79 Å². The SMILES string of the molecule is O=C(Nc1cccc(Cc2ccccc2)c1)c1n[nH]c2ccc(-c3cccnc3)cc12. The lowest BCUT2D eigenvalue weighted by molar-refractivity contribution is 0.102. The molecule has 0 unspecified atom stereocenters. The Kier molecular flexibility index (Phi) is 4.99. The highest BCUT2D eigenvalue weighted by atomic mass is 16.1. The standard InChI is InChI=1S/C26H20N4O/c31-26(28-22-10-4-8-19(15-22)14-18-6-2-1-3-7-18)25-23-16-20(11-12-24(23)29-30-25)21-9-5-13-27-17-21/h1-13,15-17H,14H2,(H,28,31)(H,29,30). The molecule has 5 heteroatoms. The van der Waals surface area contributed by atoms with Crippen LogP contribution in [0.3, 0.4) is 0 Å². The highest BCUT2D eigenvalue weighted by molar-refractivity contribution is 6.11. The molecule has 0 saturated heterocycles. The number of aromatic amines is 1. The number of rotatable bonds is 5. The topological polar surface area (TPSA) is 70.7 Å². The molecule has 2 aromatic heterocycles. The summed E-state index contributed by atoms with van der Waals surface area (Å²) < 4.78 is 0. The van der Waals surface area contributed by atoms with Gasteiger partial charge in [-0.3, -0.25) is 14.9 Å². The van der Waals surface area contributed by atoms with Gasteiger partial charge in [0, 0.05) is 29.0 Å². The van der Waals surface area contributed by atoms with Crippen molar-refractivity contribution in [2.24, 2.45) is 0 Å². The molecule has 5 aromatic rings. The van der Waals surface area contributed by atoms with Gasteiger partial charge in [0.2, 0.25) is 0 Å². The average Bonchev–Trinajstić information content (AvgIpc) is 3.24. The van der Waals surface area contributed by atoms with Gasteiger partial charge in [0.15, 0.2) is 5.69 Å². The number of nitrogens with one attached hydrogen (secondary N) is 2. The van der Waals surface area contributed by atoms with Crippen molar-refractivity contribution in [3.8, 4) is 11.1 Å². The van der Waals surface area contributed by atoms with E-state index in [1.54, 1.807) is 12.4 Å². The van der Waals surface area contributed by atoms with E-state index in [1.807, 2.05) is 66.7 Å². The fourth-order valence-electron chi connectivity index (χ4n) is 3.68. The van der Waals surface area contributed by atoms with Gasteiger partial charge in [0.1, 0.15) is 0 Å². The van der Waals surface area contributed by atoms with Crippen LogP contribution < -0.4 is 5.32 Å². The summed E-state index contributed by atoms with van der Waals surface area (Å²) in [6.45, 7) is 0. The molecular formula is C26H20N4O. The fraction of sp³-hybridized carbons (Fsp3) is 0.0385. The lowest BCUT2D eigenvalue weighted by Crippen LogP contribution is -2.13. The highest BCUT2D eigenvalue weighted by Gasteiger charge is 2.15. The Bertz CT molecular complexity index is 1340. The van der Waals surface area contributed by atoms with Gasteiger partial charge >= 0.3 is 0 Å². The van der Waals surface area contributed by atoms with E-state index in [1.165, 1.54) is 5.56 Å². The summed E-state index contributed by atoms with van der Waals surface area (Å²) in [7, 11) is 0. The van der Waals surface area contributed by atoms with Crippen molar-refractivity contribution in [3.63, 3.8) is 0 Å². The maximum absolute atomic E-state index is 13.0. The third-order valence-electron chi connectivity index (χ3n) is 5.21. The summed E-state index contributed by atoms with van der Waals surface area (Å²) in [6.07, 6.45) is 4.36. The van der Waals surface area contributed by atoms with E-state index in [2.05, 4.69) is 38.7 Å². The maximum atomic E-state index is 13.0. The third kappa shape index (κ3) is 4.07. The van der Waals surface area contributed by atoms with Gasteiger partial charge in [0.25, 0.3) is 5.91 Å². The Balaban J connectivity index is 1.40. The van der Waals surface area contributed by atoms with Crippen LogP contribution in [0, 0.1) is 0 Å². The zero-order chi connectivity index (χ0) is 21.0. The summed E-state index contributed by atoms with van der Waals surface area (Å²) in [5, 5.41) is 11.0. The van der Waals surface area contributed by atoms with E-state index < -0.39 is 0 Å². The van der Waals surface area contributed by atoms with E-state index in [-0.39, 0.29) is 5.91 Å². The first-order valence-corrected chi connectivity index (χ1v) is 10.1. The van der Waals surface area contributed by atoms with Crippen molar-refractivity contribution in [2.75, 3.05) is 5.32 Å². The Labute approximate surface area is 179 Å². The summed E-state index contributed by atoms with van der Waals surface area (Å²) >= 11 is 0. The number of nitrogens with zero attached hydrogens (tertiary/aromatic N) is 2. The number of carbonyl (C=O) groups is 1. The highest BCUT2D eigenvalue weighted by Crippen LogP contribution is 2.25. The average molecular weight is 404 g/mol. The number of carbonyl (C=O) groups excluding carboxylic acids is 1. The van der Waals surface area contributed by atoms with Gasteiger partial charge in [-0.1, -0.05) is 54.6 Å². The fourth-order valence-corrected chi connectivity index (χ4v) is 3.68. The van der Waals surface area contributed by atoms with E-state index >= 15 is 0 Å². The maximum Gasteiger partial charge on any atom is 0.276 e. The summed E-state index contributed by atoms with van der Waals surface area (Å²) in [6, 6.07) is 28.0. The number of pyridine rings is 1. The number of anilines is 1. The minimum atomic E-state index is -0.244. The first kappa shape index (κ1) is 18.8. The molecule has 0 radical (unpaired) electrons. The minimum absolute atomic E-state index is 0.244. The third-order valence-corrected chi connectivity index (χ3v) is 5.21. The quantitative estimate of drug-likeness (QED) is 0.408. The van der Waals surface area contributed by atoms with Gasteiger partial charge < -0.3 is 5.32 Å². The molecule has 0 spiro atoms. The molecule has 0 fully saturated rings. The summed E-state index contributed by atoms with van der Waals surface area (Å²) in [5.41, 5.74) is 6.27. The van der Waals surface area contributed by atoms with Crippen LogP contribution in [0.25, 0.3) is 22.0 Å². The van der Waals surface area contributed by atoms with Crippen molar-refractivity contribution in [1.29, 1.82) is 0 Å².